The predicted octanol–water partition coefficient (Wildman–Crippen LogP) is 1.87. The molecule has 2 fully saturated rings. The topological polar surface area (TPSA) is 44.7 Å². The van der Waals surface area contributed by atoms with Crippen LogP contribution in [-0.2, 0) is 4.74 Å². The molecule has 2 rings (SSSR count). The number of rotatable bonds is 6. The molecule has 0 aromatic rings. The van der Waals surface area contributed by atoms with E-state index in [2.05, 4.69) is 37.9 Å². The first kappa shape index (κ1) is 17.2. The van der Waals surface area contributed by atoms with Gasteiger partial charge in [-0.2, -0.15) is 0 Å². The lowest BCUT2D eigenvalue weighted by Gasteiger charge is -2.39. The molecular weight excluding hydrogens is 264 g/mol. The first-order valence-electron chi connectivity index (χ1n) is 8.68. The molecule has 2 N–H and O–H groups in total. The fraction of sp³-hybridized carbons (Fsp3) is 1.00. The van der Waals surface area contributed by atoms with Crippen LogP contribution in [0.4, 0.5) is 0 Å². The Hall–Kier alpha value is -0.160. The van der Waals surface area contributed by atoms with Crippen LogP contribution in [0.25, 0.3) is 0 Å². The summed E-state index contributed by atoms with van der Waals surface area (Å²) >= 11 is 0. The number of hydrogen-bond acceptors (Lipinski definition) is 4. The van der Waals surface area contributed by atoms with Crippen LogP contribution in [0, 0.1) is 11.3 Å². The Morgan fingerprint density at radius 3 is 2.76 bits per heavy atom. The molecule has 1 aliphatic heterocycles. The Morgan fingerprint density at radius 2 is 2.10 bits per heavy atom. The van der Waals surface area contributed by atoms with Crippen molar-refractivity contribution >= 4 is 0 Å². The molecular formula is C17H34N2O2. The van der Waals surface area contributed by atoms with Crippen LogP contribution >= 0.6 is 0 Å². The fourth-order valence-electron chi connectivity index (χ4n) is 4.18. The third-order valence-corrected chi connectivity index (χ3v) is 5.19. The summed E-state index contributed by atoms with van der Waals surface area (Å²) in [6.07, 6.45) is 4.03. The molecule has 0 radical (unpaired) electrons. The van der Waals surface area contributed by atoms with Gasteiger partial charge in [0, 0.05) is 25.7 Å². The van der Waals surface area contributed by atoms with E-state index in [9.17, 15) is 5.11 Å². The Labute approximate surface area is 130 Å². The molecule has 0 spiro atoms. The van der Waals surface area contributed by atoms with Gasteiger partial charge in [0.1, 0.15) is 0 Å². The van der Waals surface area contributed by atoms with Crippen molar-refractivity contribution in [2.45, 2.75) is 65.2 Å². The predicted molar refractivity (Wildman–Crippen MR) is 86.4 cm³/mol. The molecule has 1 saturated heterocycles. The number of aliphatic hydroxyl groups is 1. The minimum atomic E-state index is -0.00906. The second-order valence-corrected chi connectivity index (χ2v) is 7.69. The maximum atomic E-state index is 9.37. The van der Waals surface area contributed by atoms with Gasteiger partial charge in [-0.1, -0.05) is 20.8 Å². The second kappa shape index (κ2) is 7.40. The van der Waals surface area contributed by atoms with E-state index in [0.717, 1.165) is 32.1 Å². The summed E-state index contributed by atoms with van der Waals surface area (Å²) in [4.78, 5) is 2.50. The maximum Gasteiger partial charge on any atom is 0.0936 e. The zero-order chi connectivity index (χ0) is 15.5. The van der Waals surface area contributed by atoms with Gasteiger partial charge in [-0.25, -0.2) is 0 Å². The highest BCUT2D eigenvalue weighted by atomic mass is 16.5. The lowest BCUT2D eigenvalue weighted by molar-refractivity contribution is -0.0984. The smallest absolute Gasteiger partial charge is 0.0936 e. The van der Waals surface area contributed by atoms with Gasteiger partial charge in [-0.15, -0.1) is 0 Å². The molecule has 0 aromatic carbocycles. The first-order valence-corrected chi connectivity index (χ1v) is 8.68. The lowest BCUT2D eigenvalue weighted by Crippen LogP contribution is -2.52. The van der Waals surface area contributed by atoms with Crippen molar-refractivity contribution in [1.82, 2.24) is 10.2 Å². The standard InChI is InChI=1S/C17H34N2O2/c1-5-8-18-16-14(6-7-17(16,3)4)10-19-9-13(2)21-15(11-19)12-20/h13-16,18,20H,5-12H2,1-4H3. The average molecular weight is 298 g/mol. The van der Waals surface area contributed by atoms with E-state index >= 15 is 0 Å². The number of morpholine rings is 1. The van der Waals surface area contributed by atoms with E-state index in [4.69, 9.17) is 4.74 Å². The van der Waals surface area contributed by atoms with E-state index < -0.39 is 0 Å². The van der Waals surface area contributed by atoms with E-state index in [1.807, 2.05) is 0 Å². The first-order chi connectivity index (χ1) is 9.96. The molecule has 1 aliphatic carbocycles. The van der Waals surface area contributed by atoms with Crippen LogP contribution < -0.4 is 5.32 Å². The van der Waals surface area contributed by atoms with Crippen molar-refractivity contribution < 1.29 is 9.84 Å². The lowest BCUT2D eigenvalue weighted by atomic mass is 9.84. The van der Waals surface area contributed by atoms with Crippen molar-refractivity contribution in [1.29, 1.82) is 0 Å². The van der Waals surface area contributed by atoms with E-state index in [1.165, 1.54) is 19.3 Å². The van der Waals surface area contributed by atoms with Crippen molar-refractivity contribution in [3.05, 3.63) is 0 Å². The van der Waals surface area contributed by atoms with E-state index in [0.29, 0.717) is 11.5 Å². The molecule has 4 heteroatoms. The van der Waals surface area contributed by atoms with Gasteiger partial charge in [0.2, 0.25) is 0 Å². The highest BCUT2D eigenvalue weighted by Gasteiger charge is 2.42. The number of nitrogens with zero attached hydrogens (tertiary/aromatic N) is 1. The molecule has 1 saturated carbocycles. The molecule has 21 heavy (non-hydrogen) atoms. The highest BCUT2D eigenvalue weighted by Crippen LogP contribution is 2.41. The zero-order valence-corrected chi connectivity index (χ0v) is 14.3. The van der Waals surface area contributed by atoms with E-state index in [1.54, 1.807) is 0 Å². The zero-order valence-electron chi connectivity index (χ0n) is 14.3. The van der Waals surface area contributed by atoms with Crippen LogP contribution in [0.3, 0.4) is 0 Å². The average Bonchev–Trinajstić information content (AvgIpc) is 2.70. The molecule has 4 nitrogen and oxygen atoms in total. The third-order valence-electron chi connectivity index (χ3n) is 5.19. The maximum absolute atomic E-state index is 9.37. The summed E-state index contributed by atoms with van der Waals surface area (Å²) < 4.78 is 5.76. The second-order valence-electron chi connectivity index (χ2n) is 7.69. The largest absolute Gasteiger partial charge is 0.394 e. The summed E-state index contributed by atoms with van der Waals surface area (Å²) in [5.74, 6) is 0.719. The van der Waals surface area contributed by atoms with Crippen molar-refractivity contribution in [2.24, 2.45) is 11.3 Å². The van der Waals surface area contributed by atoms with Crippen LogP contribution in [0.2, 0.25) is 0 Å². The molecule has 2 aliphatic rings. The van der Waals surface area contributed by atoms with Gasteiger partial charge < -0.3 is 15.2 Å². The monoisotopic (exact) mass is 298 g/mol. The molecule has 124 valence electrons. The number of hydrogen-bond donors (Lipinski definition) is 2. The van der Waals surface area contributed by atoms with Gasteiger partial charge in [0.25, 0.3) is 0 Å². The summed E-state index contributed by atoms with van der Waals surface area (Å²) in [6.45, 7) is 13.4. The minimum absolute atomic E-state index is 0.00906. The van der Waals surface area contributed by atoms with Crippen LogP contribution in [0.15, 0.2) is 0 Å². The van der Waals surface area contributed by atoms with Gasteiger partial charge in [0.05, 0.1) is 18.8 Å². The summed E-state index contributed by atoms with van der Waals surface area (Å²) in [5.41, 5.74) is 0.397. The van der Waals surface area contributed by atoms with Crippen LogP contribution in [0.5, 0.6) is 0 Å². The SMILES string of the molecule is CCCNC1C(CN2CC(C)OC(CO)C2)CCC1(C)C. The van der Waals surface area contributed by atoms with Gasteiger partial charge >= 0.3 is 0 Å². The Kier molecular flexibility index (Phi) is 6.06. The highest BCUT2D eigenvalue weighted by molar-refractivity contribution is 4.97. The van der Waals surface area contributed by atoms with Crippen molar-refractivity contribution in [3.63, 3.8) is 0 Å². The van der Waals surface area contributed by atoms with Crippen molar-refractivity contribution in [2.75, 3.05) is 32.8 Å². The number of aliphatic hydroxyl groups excluding tert-OH is 1. The summed E-state index contributed by atoms with van der Waals surface area (Å²) in [5, 5.41) is 13.2. The van der Waals surface area contributed by atoms with Crippen LogP contribution in [0.1, 0.15) is 47.0 Å². The number of nitrogens with one attached hydrogen (secondary N) is 1. The summed E-state index contributed by atoms with van der Waals surface area (Å²) in [7, 11) is 0. The quantitative estimate of drug-likeness (QED) is 0.786. The fourth-order valence-corrected chi connectivity index (χ4v) is 4.18. The molecule has 0 bridgehead atoms. The Morgan fingerprint density at radius 1 is 1.33 bits per heavy atom. The minimum Gasteiger partial charge on any atom is -0.394 e. The Balaban J connectivity index is 1.94. The molecule has 4 unspecified atom stereocenters. The third kappa shape index (κ3) is 4.41. The number of ether oxygens (including phenoxy) is 1. The normalized spacial score (nSPS) is 37.0. The van der Waals surface area contributed by atoms with E-state index in [-0.39, 0.29) is 18.8 Å². The van der Waals surface area contributed by atoms with Crippen LogP contribution in [-0.4, -0.2) is 61.0 Å². The van der Waals surface area contributed by atoms with Gasteiger partial charge in [0.15, 0.2) is 0 Å². The summed E-state index contributed by atoms with van der Waals surface area (Å²) in [6, 6.07) is 0.614. The molecule has 0 amide bonds. The van der Waals surface area contributed by atoms with Gasteiger partial charge in [-0.05, 0) is 44.1 Å². The molecule has 4 atom stereocenters. The molecule has 1 heterocycles. The Bertz CT molecular complexity index is 322. The molecule has 0 aromatic heterocycles. The van der Waals surface area contributed by atoms with Crippen molar-refractivity contribution in [3.8, 4) is 0 Å². The van der Waals surface area contributed by atoms with Gasteiger partial charge in [-0.3, -0.25) is 4.90 Å².